The first-order chi connectivity index (χ1) is 17.2. The van der Waals surface area contributed by atoms with Crippen molar-refractivity contribution in [3.8, 4) is 5.75 Å². The van der Waals surface area contributed by atoms with E-state index in [0.717, 1.165) is 32.0 Å². The third kappa shape index (κ3) is 5.72. The number of amides is 1. The van der Waals surface area contributed by atoms with Gasteiger partial charge in [0.15, 0.2) is 5.16 Å². The van der Waals surface area contributed by atoms with Crippen molar-refractivity contribution in [3.05, 3.63) is 101 Å². The summed E-state index contributed by atoms with van der Waals surface area (Å²) in [5.41, 5.74) is 6.25. The lowest BCUT2D eigenvalue weighted by molar-refractivity contribution is -0.118. The van der Waals surface area contributed by atoms with Crippen molar-refractivity contribution in [2.45, 2.75) is 11.8 Å². The van der Waals surface area contributed by atoms with E-state index in [2.05, 4.69) is 60.7 Å². The number of benzene rings is 4. The summed E-state index contributed by atoms with van der Waals surface area (Å²) >= 11 is 4.82. The SMILES string of the molecule is O=C(CSc1nc2ccccc2[nH]1)N/N=C\c1cc(Br)ccc1OCc1cccc2ccccc12. The highest BCUT2D eigenvalue weighted by molar-refractivity contribution is 9.10. The number of aromatic amines is 1. The average molecular weight is 545 g/mol. The van der Waals surface area contributed by atoms with Crippen LogP contribution in [0.15, 0.2) is 99.7 Å². The molecule has 6 nitrogen and oxygen atoms in total. The van der Waals surface area contributed by atoms with Crippen molar-refractivity contribution >= 4 is 61.6 Å². The predicted molar refractivity (Wildman–Crippen MR) is 145 cm³/mol. The summed E-state index contributed by atoms with van der Waals surface area (Å²) in [6.07, 6.45) is 1.59. The molecule has 4 aromatic carbocycles. The Kier molecular flexibility index (Phi) is 7.11. The van der Waals surface area contributed by atoms with Crippen LogP contribution in [-0.4, -0.2) is 27.8 Å². The second-order valence-corrected chi connectivity index (χ2v) is 9.63. The Bertz CT molecular complexity index is 1490. The summed E-state index contributed by atoms with van der Waals surface area (Å²) in [7, 11) is 0. The minimum absolute atomic E-state index is 0.195. The monoisotopic (exact) mass is 544 g/mol. The highest BCUT2D eigenvalue weighted by Gasteiger charge is 2.08. The van der Waals surface area contributed by atoms with Gasteiger partial charge >= 0.3 is 0 Å². The summed E-state index contributed by atoms with van der Waals surface area (Å²) in [6, 6.07) is 27.9. The lowest BCUT2D eigenvalue weighted by Gasteiger charge is -2.11. The summed E-state index contributed by atoms with van der Waals surface area (Å²) in [6.45, 7) is 0.421. The van der Waals surface area contributed by atoms with Crippen LogP contribution in [0.4, 0.5) is 0 Å². The number of ether oxygens (including phenoxy) is 1. The number of para-hydroxylation sites is 2. The number of rotatable bonds is 8. The second-order valence-electron chi connectivity index (χ2n) is 7.75. The first kappa shape index (κ1) is 23.1. The molecule has 8 heteroatoms. The average Bonchev–Trinajstić information content (AvgIpc) is 3.30. The van der Waals surface area contributed by atoms with Gasteiger partial charge in [0, 0.05) is 10.0 Å². The number of carbonyl (C=O) groups excluding carboxylic acids is 1. The summed E-state index contributed by atoms with van der Waals surface area (Å²) in [4.78, 5) is 19.9. The zero-order valence-electron chi connectivity index (χ0n) is 18.6. The van der Waals surface area contributed by atoms with Crippen LogP contribution in [0.1, 0.15) is 11.1 Å². The number of hydrazone groups is 1. The lowest BCUT2D eigenvalue weighted by Crippen LogP contribution is -2.19. The Morgan fingerprint density at radius 2 is 1.89 bits per heavy atom. The molecule has 0 bridgehead atoms. The third-order valence-electron chi connectivity index (χ3n) is 5.34. The Hall–Kier alpha value is -3.62. The lowest BCUT2D eigenvalue weighted by atomic mass is 10.1. The van der Waals surface area contributed by atoms with Gasteiger partial charge in [-0.05, 0) is 46.7 Å². The van der Waals surface area contributed by atoms with Gasteiger partial charge < -0.3 is 9.72 Å². The van der Waals surface area contributed by atoms with Crippen LogP contribution in [-0.2, 0) is 11.4 Å². The van der Waals surface area contributed by atoms with E-state index in [9.17, 15) is 4.79 Å². The summed E-state index contributed by atoms with van der Waals surface area (Å²) in [5.74, 6) is 0.649. The number of hydrogen-bond donors (Lipinski definition) is 2. The van der Waals surface area contributed by atoms with Gasteiger partial charge in [0.1, 0.15) is 12.4 Å². The highest BCUT2D eigenvalue weighted by atomic mass is 79.9. The van der Waals surface area contributed by atoms with E-state index < -0.39 is 0 Å². The van der Waals surface area contributed by atoms with Crippen molar-refractivity contribution in [1.29, 1.82) is 0 Å². The molecule has 0 aliphatic heterocycles. The smallest absolute Gasteiger partial charge is 0.250 e. The van der Waals surface area contributed by atoms with Gasteiger partial charge in [-0.2, -0.15) is 5.10 Å². The molecule has 0 radical (unpaired) electrons. The fourth-order valence-corrected chi connectivity index (χ4v) is 4.72. The molecular weight excluding hydrogens is 524 g/mol. The molecule has 5 rings (SSSR count). The van der Waals surface area contributed by atoms with Gasteiger partial charge in [-0.25, -0.2) is 10.4 Å². The maximum Gasteiger partial charge on any atom is 0.250 e. The maximum absolute atomic E-state index is 12.3. The second kappa shape index (κ2) is 10.8. The quantitative estimate of drug-likeness (QED) is 0.136. The van der Waals surface area contributed by atoms with Crippen LogP contribution in [0, 0.1) is 0 Å². The number of thioether (sulfide) groups is 1. The van der Waals surface area contributed by atoms with Crippen LogP contribution in [0.25, 0.3) is 21.8 Å². The van der Waals surface area contributed by atoms with Crippen LogP contribution in [0.5, 0.6) is 5.75 Å². The molecule has 0 atom stereocenters. The highest BCUT2D eigenvalue weighted by Crippen LogP contribution is 2.25. The van der Waals surface area contributed by atoms with Gasteiger partial charge in [-0.15, -0.1) is 0 Å². The Balaban J connectivity index is 1.21. The topological polar surface area (TPSA) is 79.4 Å². The molecule has 174 valence electrons. The maximum atomic E-state index is 12.3. The van der Waals surface area contributed by atoms with Crippen molar-refractivity contribution in [3.63, 3.8) is 0 Å². The third-order valence-corrected chi connectivity index (χ3v) is 6.70. The number of nitrogens with zero attached hydrogens (tertiary/aromatic N) is 2. The number of imidazole rings is 1. The molecule has 2 N–H and O–H groups in total. The molecule has 0 saturated heterocycles. The number of carbonyl (C=O) groups is 1. The molecule has 35 heavy (non-hydrogen) atoms. The summed E-state index contributed by atoms with van der Waals surface area (Å²) in [5, 5.41) is 7.17. The molecule has 0 spiro atoms. The van der Waals surface area contributed by atoms with Crippen molar-refractivity contribution in [2.75, 3.05) is 5.75 Å². The molecular formula is C27H21BrN4O2S. The van der Waals surface area contributed by atoms with E-state index >= 15 is 0 Å². The first-order valence-electron chi connectivity index (χ1n) is 10.9. The Morgan fingerprint density at radius 1 is 1.06 bits per heavy atom. The van der Waals surface area contributed by atoms with Gasteiger partial charge in [0.05, 0.1) is 23.0 Å². The fourth-order valence-electron chi connectivity index (χ4n) is 3.66. The normalized spacial score (nSPS) is 11.3. The number of H-pyrrole nitrogens is 1. The van der Waals surface area contributed by atoms with E-state index in [0.29, 0.717) is 17.5 Å². The minimum Gasteiger partial charge on any atom is -0.488 e. The van der Waals surface area contributed by atoms with Crippen molar-refractivity contribution < 1.29 is 9.53 Å². The number of aromatic nitrogens is 2. The molecule has 0 saturated carbocycles. The van der Waals surface area contributed by atoms with Crippen molar-refractivity contribution in [2.24, 2.45) is 5.10 Å². The molecule has 0 fully saturated rings. The summed E-state index contributed by atoms with van der Waals surface area (Å²) < 4.78 is 7.03. The molecule has 0 aliphatic carbocycles. The van der Waals surface area contributed by atoms with Gasteiger partial charge in [-0.3, -0.25) is 4.79 Å². The van der Waals surface area contributed by atoms with E-state index in [1.54, 1.807) is 6.21 Å². The molecule has 1 heterocycles. The Labute approximate surface area is 214 Å². The predicted octanol–water partition coefficient (Wildman–Crippen LogP) is 6.30. The van der Waals surface area contributed by atoms with E-state index in [1.807, 2.05) is 60.7 Å². The van der Waals surface area contributed by atoms with Crippen molar-refractivity contribution in [1.82, 2.24) is 15.4 Å². The van der Waals surface area contributed by atoms with E-state index in [1.165, 1.54) is 17.1 Å². The number of fused-ring (bicyclic) bond motifs is 2. The molecule has 0 aliphatic rings. The zero-order chi connectivity index (χ0) is 24.0. The first-order valence-corrected chi connectivity index (χ1v) is 12.7. The largest absolute Gasteiger partial charge is 0.488 e. The standard InChI is InChI=1S/C27H21BrN4O2S/c28-21-12-13-25(34-16-19-8-5-7-18-6-1-2-9-22(18)19)20(14-21)15-29-32-26(33)17-35-27-30-23-10-3-4-11-24(23)31-27/h1-15H,16-17H2,(H,30,31)(H,32,33)/b29-15-. The van der Waals surface area contributed by atoms with Gasteiger partial charge in [0.2, 0.25) is 0 Å². The Morgan fingerprint density at radius 3 is 2.80 bits per heavy atom. The van der Waals surface area contributed by atoms with Crippen LogP contribution in [0.2, 0.25) is 0 Å². The number of hydrogen-bond acceptors (Lipinski definition) is 5. The van der Waals surface area contributed by atoms with E-state index in [-0.39, 0.29) is 11.7 Å². The molecule has 5 aromatic rings. The molecule has 0 unspecified atom stereocenters. The number of nitrogens with one attached hydrogen (secondary N) is 2. The molecule has 1 amide bonds. The minimum atomic E-state index is -0.222. The van der Waals surface area contributed by atoms with Crippen LogP contribution < -0.4 is 10.2 Å². The molecule has 1 aromatic heterocycles. The van der Waals surface area contributed by atoms with Gasteiger partial charge in [-0.1, -0.05) is 82.3 Å². The fraction of sp³-hybridized carbons (Fsp3) is 0.0741. The van der Waals surface area contributed by atoms with Gasteiger partial charge in [0.25, 0.3) is 5.91 Å². The number of halogens is 1. The van der Waals surface area contributed by atoms with Crippen LogP contribution >= 0.6 is 27.7 Å². The van der Waals surface area contributed by atoms with E-state index in [4.69, 9.17) is 4.74 Å². The van der Waals surface area contributed by atoms with Crippen LogP contribution in [0.3, 0.4) is 0 Å². The zero-order valence-corrected chi connectivity index (χ0v) is 21.0.